The molecule has 0 radical (unpaired) electrons. The number of rotatable bonds is 6. The van der Waals surface area contributed by atoms with Crippen molar-refractivity contribution in [2.75, 3.05) is 0 Å². The van der Waals surface area contributed by atoms with Gasteiger partial charge in [-0.15, -0.1) is 0 Å². The highest BCUT2D eigenvalue weighted by Gasteiger charge is 2.27. The summed E-state index contributed by atoms with van der Waals surface area (Å²) in [6.45, 7) is 15.0. The molecule has 0 unspecified atom stereocenters. The van der Waals surface area contributed by atoms with Gasteiger partial charge in [0.2, 0.25) is 0 Å². The maximum atomic E-state index is 2.58. The molecule has 72 heavy (non-hydrogen) atoms. The molecule has 0 aliphatic carbocycles. The number of hydrogen-bond donors (Lipinski definition) is 0. The van der Waals surface area contributed by atoms with Crippen molar-refractivity contribution < 1.29 is 0 Å². The van der Waals surface area contributed by atoms with Gasteiger partial charge in [-0.25, -0.2) is 0 Å². The lowest BCUT2D eigenvalue weighted by atomic mass is 9.80. The molecule has 0 bridgehead atoms. The van der Waals surface area contributed by atoms with Gasteiger partial charge in [0.1, 0.15) is 0 Å². The Bertz CT molecular complexity index is 4410. The highest BCUT2D eigenvalue weighted by molar-refractivity contribution is 6.91. The molecule has 0 amide bonds. The van der Waals surface area contributed by atoms with Gasteiger partial charge in [0.25, 0.3) is 0 Å². The number of benzene rings is 14. The van der Waals surface area contributed by atoms with Crippen molar-refractivity contribution >= 4 is 123 Å². The first-order valence-electron chi connectivity index (χ1n) is 25.7. The third kappa shape index (κ3) is 6.56. The minimum Gasteiger partial charge on any atom is -0.0656 e. The van der Waals surface area contributed by atoms with Crippen LogP contribution in [0.25, 0.3) is 141 Å². The van der Waals surface area contributed by atoms with E-state index in [0.29, 0.717) is 0 Å². The van der Waals surface area contributed by atoms with Crippen molar-refractivity contribution in [3.05, 3.63) is 218 Å². The molecular weight excluding hydrogens is 897 g/mol. The van der Waals surface area contributed by atoms with Gasteiger partial charge in [-0.3, -0.25) is 0 Å². The maximum Gasteiger partial charge on any atom is 0.0776 e. The zero-order valence-electron chi connectivity index (χ0n) is 41.8. The highest BCUT2D eigenvalue weighted by atomic mass is 28.3. The van der Waals surface area contributed by atoms with Crippen molar-refractivity contribution in [1.29, 1.82) is 0 Å². The fourth-order valence-corrected chi connectivity index (χ4v) is 14.9. The Morgan fingerprint density at radius 3 is 0.806 bits per heavy atom. The van der Waals surface area contributed by atoms with Crippen LogP contribution in [0, 0.1) is 0 Å². The summed E-state index contributed by atoms with van der Waals surface area (Å²) < 4.78 is 0. The zero-order valence-corrected chi connectivity index (χ0v) is 43.8. The second-order valence-corrected chi connectivity index (χ2v) is 32.5. The second kappa shape index (κ2) is 15.8. The van der Waals surface area contributed by atoms with Crippen molar-refractivity contribution in [2.45, 2.75) is 39.3 Å². The van der Waals surface area contributed by atoms with Gasteiger partial charge < -0.3 is 0 Å². The number of hydrogen-bond acceptors (Lipinski definition) is 0. The molecule has 0 saturated carbocycles. The predicted molar refractivity (Wildman–Crippen MR) is 323 cm³/mol. The van der Waals surface area contributed by atoms with E-state index in [1.807, 2.05) is 0 Å². The van der Waals surface area contributed by atoms with E-state index in [1.54, 1.807) is 0 Å². The maximum absolute atomic E-state index is 2.58. The summed E-state index contributed by atoms with van der Waals surface area (Å²) in [5.74, 6) is 0. The molecule has 0 spiro atoms. The van der Waals surface area contributed by atoms with Gasteiger partial charge in [0.15, 0.2) is 0 Å². The molecule has 0 nitrogen and oxygen atoms in total. The topological polar surface area (TPSA) is 0 Å². The minimum atomic E-state index is -1.74. The van der Waals surface area contributed by atoms with E-state index in [9.17, 15) is 0 Å². The van der Waals surface area contributed by atoms with Gasteiger partial charge in [-0.1, -0.05) is 238 Å². The molecule has 14 rings (SSSR count). The minimum absolute atomic E-state index is 1.25. The van der Waals surface area contributed by atoms with E-state index in [1.165, 1.54) is 152 Å². The molecule has 0 saturated heterocycles. The van der Waals surface area contributed by atoms with E-state index >= 15 is 0 Å². The Labute approximate surface area is 423 Å². The quantitative estimate of drug-likeness (QED) is 0.115. The second-order valence-electron chi connectivity index (χ2n) is 22.4. The third-order valence-electron chi connectivity index (χ3n) is 16.0. The summed E-state index contributed by atoms with van der Waals surface area (Å²) in [7, 11) is -3.47. The fourth-order valence-electron chi connectivity index (χ4n) is 12.4. The molecule has 0 fully saturated rings. The number of fused-ring (bicyclic) bond motifs is 9. The summed E-state index contributed by atoms with van der Waals surface area (Å²) in [5, 5.41) is 26.1. The van der Waals surface area contributed by atoms with Crippen LogP contribution >= 0.6 is 0 Å². The lowest BCUT2D eigenvalue weighted by Crippen LogP contribution is -2.45. The van der Waals surface area contributed by atoms with Crippen LogP contribution < -0.4 is 10.4 Å². The molecule has 0 atom stereocenters. The Morgan fingerprint density at radius 2 is 0.472 bits per heavy atom. The van der Waals surface area contributed by atoms with Gasteiger partial charge in [-0.2, -0.15) is 0 Å². The molecule has 0 heterocycles. The molecule has 0 aliphatic rings. The van der Waals surface area contributed by atoms with Crippen LogP contribution in [0.1, 0.15) is 0 Å². The average Bonchev–Trinajstić information content (AvgIpc) is 3.41. The van der Waals surface area contributed by atoms with Crippen molar-refractivity contribution in [3.63, 3.8) is 0 Å². The molecule has 342 valence electrons. The summed E-state index contributed by atoms with van der Waals surface area (Å²) in [6, 6.07) is 84.1. The van der Waals surface area contributed by atoms with Crippen LogP contribution in [0.5, 0.6) is 0 Å². The smallest absolute Gasteiger partial charge is 0.0656 e. The Morgan fingerprint density at radius 1 is 0.208 bits per heavy atom. The van der Waals surface area contributed by atoms with Crippen LogP contribution in [0.4, 0.5) is 0 Å². The normalized spacial score (nSPS) is 12.6. The van der Waals surface area contributed by atoms with Crippen LogP contribution in [0.15, 0.2) is 218 Å². The fraction of sp³-hybridized carbons (Fsp3) is 0.0857. The van der Waals surface area contributed by atoms with E-state index < -0.39 is 16.1 Å². The summed E-state index contributed by atoms with van der Waals surface area (Å²) in [6.07, 6.45) is 0. The van der Waals surface area contributed by atoms with Crippen molar-refractivity contribution in [1.82, 2.24) is 0 Å². The standard InChI is InChI=1S/C70H54Si2/c1-71(2,3)47-35-46(36-48(40-47)72(4,5)6)62-41-66(63-37-43-19-7-10-22-49(43)52-25-13-16-28-55(52)63)59-33-34-61-68(65-39-45-21-9-12-24-51(45)54-27-15-18-30-57(54)65)42-67(60-32-31-58(62)69(59)70(60)61)64-38-44-20-8-11-23-50(44)53-26-14-17-29-56(53)64/h7-42H,1-6H3. The van der Waals surface area contributed by atoms with Crippen LogP contribution in [-0.4, -0.2) is 16.1 Å². The highest BCUT2D eigenvalue weighted by Crippen LogP contribution is 2.52. The van der Waals surface area contributed by atoms with Gasteiger partial charge in [0.05, 0.1) is 16.1 Å². The molecular formula is C70H54Si2. The van der Waals surface area contributed by atoms with E-state index in [-0.39, 0.29) is 0 Å². The Hall–Kier alpha value is -7.89. The van der Waals surface area contributed by atoms with Gasteiger partial charge in [0, 0.05) is 0 Å². The molecule has 2 heteroatoms. The lowest BCUT2D eigenvalue weighted by Gasteiger charge is -2.26. The van der Waals surface area contributed by atoms with E-state index in [4.69, 9.17) is 0 Å². The van der Waals surface area contributed by atoms with Crippen LogP contribution in [0.2, 0.25) is 39.3 Å². The summed E-state index contributed by atoms with van der Waals surface area (Å²) in [4.78, 5) is 0. The molecule has 14 aromatic carbocycles. The van der Waals surface area contributed by atoms with Crippen molar-refractivity contribution in [2.24, 2.45) is 0 Å². The Balaban J connectivity index is 1.21. The first kappa shape index (κ1) is 42.9. The predicted octanol–water partition coefficient (Wildman–Crippen LogP) is 19.3. The third-order valence-corrected chi connectivity index (χ3v) is 20.1. The van der Waals surface area contributed by atoms with E-state index in [0.717, 1.165) is 0 Å². The monoisotopic (exact) mass is 950 g/mol. The first-order valence-corrected chi connectivity index (χ1v) is 32.7. The molecule has 0 N–H and O–H groups in total. The summed E-state index contributed by atoms with van der Waals surface area (Å²) in [5.41, 5.74) is 10.2. The van der Waals surface area contributed by atoms with E-state index in [2.05, 4.69) is 258 Å². The SMILES string of the molecule is C[Si](C)(C)c1cc(-c2cc(-c3cc4ccccc4c4ccccc34)c3ccc4c(-c5cc6ccccc6c6ccccc56)cc(-c5cc6ccccc6c6ccccc56)c5ccc2c3c54)cc([Si](C)(C)C)c1. The molecule has 0 aromatic heterocycles. The molecule has 14 aromatic rings. The molecule has 0 aliphatic heterocycles. The van der Waals surface area contributed by atoms with Crippen molar-refractivity contribution in [3.8, 4) is 44.5 Å². The van der Waals surface area contributed by atoms with Crippen LogP contribution in [-0.2, 0) is 0 Å². The largest absolute Gasteiger partial charge is 0.0776 e. The zero-order chi connectivity index (χ0) is 48.6. The Kier molecular flexibility index (Phi) is 9.43. The van der Waals surface area contributed by atoms with Crippen LogP contribution in [0.3, 0.4) is 0 Å². The van der Waals surface area contributed by atoms with Gasteiger partial charge in [-0.05, 0) is 172 Å². The first-order chi connectivity index (χ1) is 35.0. The summed E-state index contributed by atoms with van der Waals surface area (Å²) >= 11 is 0. The average molecular weight is 951 g/mol. The lowest BCUT2D eigenvalue weighted by molar-refractivity contribution is 1.64. The van der Waals surface area contributed by atoms with Gasteiger partial charge >= 0.3 is 0 Å².